The average Bonchev–Trinajstić information content (AvgIpc) is 2.28. The van der Waals surface area contributed by atoms with Crippen molar-refractivity contribution < 1.29 is 10.2 Å². The summed E-state index contributed by atoms with van der Waals surface area (Å²) in [6, 6.07) is 1.90. The van der Waals surface area contributed by atoms with Crippen molar-refractivity contribution in [3.8, 4) is 0 Å². The number of rotatable bonds is 6. The molecule has 1 aromatic rings. The molecule has 0 unspecified atom stereocenters. The van der Waals surface area contributed by atoms with Gasteiger partial charge in [-0.15, -0.1) is 0 Å². The SMILES string of the molecule is Cc1ccnc(N(CCO)CCO)c1CN. The second kappa shape index (κ2) is 6.42. The monoisotopic (exact) mass is 225 g/mol. The molecule has 4 N–H and O–H groups in total. The number of aliphatic hydroxyl groups is 2. The number of anilines is 1. The van der Waals surface area contributed by atoms with Gasteiger partial charge < -0.3 is 20.8 Å². The Labute approximate surface area is 95.5 Å². The topological polar surface area (TPSA) is 82.6 Å². The van der Waals surface area contributed by atoms with Crippen molar-refractivity contribution >= 4 is 5.82 Å². The molecule has 1 aromatic heterocycles. The fraction of sp³-hybridized carbons (Fsp3) is 0.545. The lowest BCUT2D eigenvalue weighted by Crippen LogP contribution is -2.31. The zero-order valence-corrected chi connectivity index (χ0v) is 9.56. The van der Waals surface area contributed by atoms with Gasteiger partial charge in [0.05, 0.1) is 13.2 Å². The molecule has 0 atom stereocenters. The molecule has 0 aliphatic heterocycles. The molecule has 5 heteroatoms. The first-order valence-corrected chi connectivity index (χ1v) is 5.35. The van der Waals surface area contributed by atoms with E-state index in [1.165, 1.54) is 0 Å². The Kier molecular flexibility index (Phi) is 5.18. The van der Waals surface area contributed by atoms with Crippen LogP contribution in [-0.4, -0.2) is 41.5 Å². The second-order valence-electron chi connectivity index (χ2n) is 3.57. The van der Waals surface area contributed by atoms with Gasteiger partial charge in [-0.1, -0.05) is 0 Å². The van der Waals surface area contributed by atoms with E-state index in [2.05, 4.69) is 4.98 Å². The molecule has 1 heterocycles. The van der Waals surface area contributed by atoms with Gasteiger partial charge in [0.15, 0.2) is 0 Å². The minimum absolute atomic E-state index is 0.0274. The van der Waals surface area contributed by atoms with Gasteiger partial charge in [0.2, 0.25) is 0 Å². The molecule has 0 saturated heterocycles. The summed E-state index contributed by atoms with van der Waals surface area (Å²) in [5, 5.41) is 18.0. The minimum atomic E-state index is 0.0274. The lowest BCUT2D eigenvalue weighted by Gasteiger charge is -2.24. The summed E-state index contributed by atoms with van der Waals surface area (Å²) in [4.78, 5) is 6.11. The molecule has 0 aliphatic rings. The van der Waals surface area contributed by atoms with Crippen molar-refractivity contribution in [2.45, 2.75) is 13.5 Å². The number of pyridine rings is 1. The van der Waals surface area contributed by atoms with Crippen LogP contribution in [0.2, 0.25) is 0 Å². The van der Waals surface area contributed by atoms with Crippen molar-refractivity contribution in [1.82, 2.24) is 4.98 Å². The van der Waals surface area contributed by atoms with Gasteiger partial charge in [-0.3, -0.25) is 0 Å². The molecule has 0 spiro atoms. The Morgan fingerprint density at radius 2 is 1.94 bits per heavy atom. The summed E-state index contributed by atoms with van der Waals surface area (Å²) in [5.41, 5.74) is 7.73. The molecular formula is C11H19N3O2. The number of aryl methyl sites for hydroxylation is 1. The number of nitrogens with zero attached hydrogens (tertiary/aromatic N) is 2. The van der Waals surface area contributed by atoms with E-state index in [0.29, 0.717) is 19.6 Å². The summed E-state index contributed by atoms with van der Waals surface area (Å²) in [6.07, 6.45) is 1.71. The molecule has 0 aliphatic carbocycles. The minimum Gasteiger partial charge on any atom is -0.395 e. The van der Waals surface area contributed by atoms with Gasteiger partial charge >= 0.3 is 0 Å². The van der Waals surface area contributed by atoms with Crippen molar-refractivity contribution in [3.05, 3.63) is 23.4 Å². The van der Waals surface area contributed by atoms with E-state index in [0.717, 1.165) is 16.9 Å². The van der Waals surface area contributed by atoms with Crippen LogP contribution >= 0.6 is 0 Å². The maximum absolute atomic E-state index is 8.98. The molecule has 16 heavy (non-hydrogen) atoms. The van der Waals surface area contributed by atoms with Gasteiger partial charge in [0, 0.05) is 31.4 Å². The number of nitrogens with two attached hydrogens (primary N) is 1. The molecular weight excluding hydrogens is 206 g/mol. The van der Waals surface area contributed by atoms with Crippen molar-refractivity contribution in [1.29, 1.82) is 0 Å². The predicted octanol–water partition coefficient (Wildman–Crippen LogP) is -0.360. The van der Waals surface area contributed by atoms with Crippen LogP contribution in [0.25, 0.3) is 0 Å². The number of hydrogen-bond acceptors (Lipinski definition) is 5. The molecule has 0 aromatic carbocycles. The average molecular weight is 225 g/mol. The summed E-state index contributed by atoms with van der Waals surface area (Å²) < 4.78 is 0. The van der Waals surface area contributed by atoms with Crippen LogP contribution in [-0.2, 0) is 6.54 Å². The fourth-order valence-corrected chi connectivity index (χ4v) is 1.66. The normalized spacial score (nSPS) is 10.5. The molecule has 0 saturated carbocycles. The Balaban J connectivity index is 3.02. The third-order valence-electron chi connectivity index (χ3n) is 2.51. The largest absolute Gasteiger partial charge is 0.395 e. The molecule has 1 rings (SSSR count). The molecule has 90 valence electrons. The molecule has 5 nitrogen and oxygen atoms in total. The highest BCUT2D eigenvalue weighted by atomic mass is 16.3. The Morgan fingerprint density at radius 1 is 1.31 bits per heavy atom. The second-order valence-corrected chi connectivity index (χ2v) is 3.57. The van der Waals surface area contributed by atoms with Gasteiger partial charge in [-0.25, -0.2) is 4.98 Å². The van der Waals surface area contributed by atoms with E-state index < -0.39 is 0 Å². The molecule has 0 bridgehead atoms. The first-order valence-electron chi connectivity index (χ1n) is 5.35. The van der Waals surface area contributed by atoms with Crippen molar-refractivity contribution in [3.63, 3.8) is 0 Å². The van der Waals surface area contributed by atoms with Crippen LogP contribution in [0.15, 0.2) is 12.3 Å². The van der Waals surface area contributed by atoms with E-state index in [-0.39, 0.29) is 13.2 Å². The molecule has 0 fully saturated rings. The van der Waals surface area contributed by atoms with Crippen molar-refractivity contribution in [2.75, 3.05) is 31.2 Å². The van der Waals surface area contributed by atoms with E-state index in [4.69, 9.17) is 15.9 Å². The van der Waals surface area contributed by atoms with Crippen molar-refractivity contribution in [2.24, 2.45) is 5.73 Å². The number of hydrogen-bond donors (Lipinski definition) is 3. The fourth-order valence-electron chi connectivity index (χ4n) is 1.66. The lowest BCUT2D eigenvalue weighted by molar-refractivity contribution is 0.280. The zero-order chi connectivity index (χ0) is 12.0. The highest BCUT2D eigenvalue weighted by Gasteiger charge is 2.12. The van der Waals surface area contributed by atoms with E-state index in [1.54, 1.807) is 6.20 Å². The summed E-state index contributed by atoms with van der Waals surface area (Å²) in [6.45, 7) is 3.33. The van der Waals surface area contributed by atoms with E-state index in [9.17, 15) is 0 Å². The Hall–Kier alpha value is -1.17. The quantitative estimate of drug-likeness (QED) is 0.616. The number of aliphatic hydroxyl groups excluding tert-OH is 2. The lowest BCUT2D eigenvalue weighted by atomic mass is 10.1. The van der Waals surface area contributed by atoms with Crippen LogP contribution in [0.1, 0.15) is 11.1 Å². The van der Waals surface area contributed by atoms with E-state index >= 15 is 0 Å². The first-order chi connectivity index (χ1) is 7.74. The smallest absolute Gasteiger partial charge is 0.133 e. The highest BCUT2D eigenvalue weighted by Crippen LogP contribution is 2.19. The van der Waals surface area contributed by atoms with Gasteiger partial charge in [0.1, 0.15) is 5.82 Å². The maximum Gasteiger partial charge on any atom is 0.133 e. The molecule has 0 amide bonds. The predicted molar refractivity (Wildman–Crippen MR) is 63.3 cm³/mol. The summed E-state index contributed by atoms with van der Waals surface area (Å²) in [5.74, 6) is 0.755. The van der Waals surface area contributed by atoms with Gasteiger partial charge in [-0.2, -0.15) is 0 Å². The van der Waals surface area contributed by atoms with Gasteiger partial charge in [-0.05, 0) is 18.6 Å². The van der Waals surface area contributed by atoms with Crippen LogP contribution in [0, 0.1) is 6.92 Å². The van der Waals surface area contributed by atoms with Crippen LogP contribution in [0.3, 0.4) is 0 Å². The van der Waals surface area contributed by atoms with Crippen LogP contribution in [0.4, 0.5) is 5.82 Å². The standard InChI is InChI=1S/C11H19N3O2/c1-9-2-3-13-11(10(9)8-12)14(4-6-15)5-7-16/h2-3,15-16H,4-8,12H2,1H3. The van der Waals surface area contributed by atoms with Crippen LogP contribution in [0.5, 0.6) is 0 Å². The third kappa shape index (κ3) is 2.91. The Morgan fingerprint density at radius 3 is 2.44 bits per heavy atom. The summed E-state index contributed by atoms with van der Waals surface area (Å²) in [7, 11) is 0. The van der Waals surface area contributed by atoms with Gasteiger partial charge in [0.25, 0.3) is 0 Å². The summed E-state index contributed by atoms with van der Waals surface area (Å²) >= 11 is 0. The zero-order valence-electron chi connectivity index (χ0n) is 9.56. The molecule has 0 radical (unpaired) electrons. The third-order valence-corrected chi connectivity index (χ3v) is 2.51. The van der Waals surface area contributed by atoms with E-state index in [1.807, 2.05) is 17.9 Å². The highest BCUT2D eigenvalue weighted by molar-refractivity contribution is 5.50. The first kappa shape index (κ1) is 12.9. The maximum atomic E-state index is 8.98. The number of aromatic nitrogens is 1. The Bertz CT molecular complexity index is 325. The van der Waals surface area contributed by atoms with Crippen LogP contribution < -0.4 is 10.6 Å².